The van der Waals surface area contributed by atoms with Crippen molar-refractivity contribution in [1.29, 1.82) is 0 Å². The summed E-state index contributed by atoms with van der Waals surface area (Å²) in [4.78, 5) is 14.6. The molecule has 0 spiro atoms. The van der Waals surface area contributed by atoms with Crippen molar-refractivity contribution < 1.29 is 13.9 Å². The van der Waals surface area contributed by atoms with Crippen LogP contribution in [0.5, 0.6) is 0 Å². The highest BCUT2D eigenvalue weighted by molar-refractivity contribution is 9.10. The summed E-state index contributed by atoms with van der Waals surface area (Å²) in [5, 5.41) is 2.93. The molecule has 2 aromatic rings. The zero-order valence-corrected chi connectivity index (χ0v) is 16.1. The highest BCUT2D eigenvalue weighted by Crippen LogP contribution is 2.18. The number of nitrogens with one attached hydrogen (secondary N) is 1. The molecule has 1 aliphatic rings. The van der Waals surface area contributed by atoms with Crippen molar-refractivity contribution in [2.45, 2.75) is 39.1 Å². The van der Waals surface area contributed by atoms with Gasteiger partial charge in [0.15, 0.2) is 10.4 Å². The van der Waals surface area contributed by atoms with Gasteiger partial charge < -0.3 is 14.5 Å². The van der Waals surface area contributed by atoms with E-state index in [2.05, 4.69) is 52.1 Å². The van der Waals surface area contributed by atoms with E-state index in [1.807, 2.05) is 12.1 Å². The molecule has 1 N–H and O–H groups in total. The van der Waals surface area contributed by atoms with Crippen molar-refractivity contribution in [3.63, 3.8) is 0 Å². The molecule has 0 bridgehead atoms. The Labute approximate surface area is 156 Å². The van der Waals surface area contributed by atoms with E-state index in [-0.39, 0.29) is 18.1 Å². The smallest absolute Gasteiger partial charge is 0.287 e. The highest BCUT2D eigenvalue weighted by atomic mass is 79.9. The van der Waals surface area contributed by atoms with E-state index in [0.717, 1.165) is 25.2 Å². The van der Waals surface area contributed by atoms with Crippen LogP contribution in [0.1, 0.15) is 35.5 Å². The third-order valence-corrected chi connectivity index (χ3v) is 4.67. The number of morpholine rings is 1. The summed E-state index contributed by atoms with van der Waals surface area (Å²) >= 11 is 3.21. The van der Waals surface area contributed by atoms with Crippen LogP contribution in [0.25, 0.3) is 0 Å². The predicted molar refractivity (Wildman–Crippen MR) is 99.3 cm³/mol. The lowest BCUT2D eigenvalue weighted by Gasteiger charge is -2.35. The molecule has 1 aromatic heterocycles. The largest absolute Gasteiger partial charge is 0.444 e. The molecule has 3 rings (SSSR count). The average molecular weight is 407 g/mol. The van der Waals surface area contributed by atoms with Crippen LogP contribution in [0, 0.1) is 0 Å². The number of benzene rings is 1. The van der Waals surface area contributed by atoms with Crippen molar-refractivity contribution in [2.75, 3.05) is 13.1 Å². The first-order chi connectivity index (χ1) is 12.0. The maximum Gasteiger partial charge on any atom is 0.287 e. The third-order valence-electron chi connectivity index (χ3n) is 4.24. The number of ether oxygens (including phenoxy) is 1. The molecule has 2 heterocycles. The number of amides is 1. The highest BCUT2D eigenvalue weighted by Gasteiger charge is 2.22. The zero-order chi connectivity index (χ0) is 17.8. The molecule has 1 aliphatic heterocycles. The van der Waals surface area contributed by atoms with Gasteiger partial charge in [-0.3, -0.25) is 9.69 Å². The van der Waals surface area contributed by atoms with Crippen molar-refractivity contribution in [3.8, 4) is 0 Å². The van der Waals surface area contributed by atoms with E-state index in [1.165, 1.54) is 5.56 Å². The van der Waals surface area contributed by atoms with Crippen LogP contribution in [0.15, 0.2) is 45.5 Å². The van der Waals surface area contributed by atoms with Crippen molar-refractivity contribution in [3.05, 3.63) is 58.0 Å². The first-order valence-electron chi connectivity index (χ1n) is 8.49. The van der Waals surface area contributed by atoms with Crippen LogP contribution in [0.2, 0.25) is 0 Å². The first kappa shape index (κ1) is 18.2. The molecule has 0 saturated carbocycles. The fourth-order valence-electron chi connectivity index (χ4n) is 3.24. The Morgan fingerprint density at radius 1 is 1.16 bits per heavy atom. The lowest BCUT2D eigenvalue weighted by Crippen LogP contribution is -2.45. The number of carbonyl (C=O) groups is 1. The Hall–Kier alpha value is -1.63. The van der Waals surface area contributed by atoms with Gasteiger partial charge >= 0.3 is 0 Å². The fraction of sp³-hybridized carbons (Fsp3) is 0.421. The van der Waals surface area contributed by atoms with Crippen molar-refractivity contribution in [1.82, 2.24) is 10.2 Å². The van der Waals surface area contributed by atoms with E-state index < -0.39 is 0 Å². The van der Waals surface area contributed by atoms with E-state index in [0.29, 0.717) is 17.0 Å². The summed E-state index contributed by atoms with van der Waals surface area (Å²) in [6, 6.07) is 11.6. The van der Waals surface area contributed by atoms with E-state index in [4.69, 9.17) is 9.15 Å². The van der Waals surface area contributed by atoms with Crippen molar-refractivity contribution in [2.24, 2.45) is 0 Å². The lowest BCUT2D eigenvalue weighted by atomic mass is 10.1. The van der Waals surface area contributed by atoms with Gasteiger partial charge in [-0.05, 0) is 53.0 Å². The van der Waals surface area contributed by atoms with Gasteiger partial charge in [-0.15, -0.1) is 0 Å². The summed E-state index contributed by atoms with van der Waals surface area (Å²) in [7, 11) is 0. The minimum Gasteiger partial charge on any atom is -0.444 e. The standard InChI is InChI=1S/C19H23BrN2O3/c1-13-10-22(11-14(2)24-13)12-16-6-4-3-5-15(16)9-21-19(23)17-7-8-18(20)25-17/h3-8,13-14H,9-12H2,1-2H3,(H,21,23)/t13-,14+. The molecule has 1 fully saturated rings. The number of halogens is 1. The molecule has 25 heavy (non-hydrogen) atoms. The van der Waals surface area contributed by atoms with E-state index >= 15 is 0 Å². The summed E-state index contributed by atoms with van der Waals surface area (Å²) < 4.78 is 11.6. The van der Waals surface area contributed by atoms with Crippen LogP contribution in [-0.2, 0) is 17.8 Å². The molecular weight excluding hydrogens is 384 g/mol. The van der Waals surface area contributed by atoms with Gasteiger partial charge in [0.05, 0.1) is 12.2 Å². The number of hydrogen-bond acceptors (Lipinski definition) is 4. The Kier molecular flexibility index (Phi) is 5.93. The minimum absolute atomic E-state index is 0.214. The second-order valence-corrected chi connectivity index (χ2v) is 7.29. The number of carbonyl (C=O) groups excluding carboxylic acids is 1. The van der Waals surface area contributed by atoms with Gasteiger partial charge in [-0.1, -0.05) is 24.3 Å². The molecule has 6 heteroatoms. The number of nitrogens with zero attached hydrogens (tertiary/aromatic N) is 1. The molecule has 2 atom stereocenters. The minimum atomic E-state index is -0.214. The average Bonchev–Trinajstić information content (AvgIpc) is 2.99. The second-order valence-electron chi connectivity index (χ2n) is 6.51. The van der Waals surface area contributed by atoms with Gasteiger partial charge in [-0.2, -0.15) is 0 Å². The Morgan fingerprint density at radius 2 is 1.84 bits per heavy atom. The number of rotatable bonds is 5. The molecule has 134 valence electrons. The second kappa shape index (κ2) is 8.17. The Morgan fingerprint density at radius 3 is 2.48 bits per heavy atom. The molecule has 1 aromatic carbocycles. The van der Waals surface area contributed by atoms with Crippen molar-refractivity contribution >= 4 is 21.8 Å². The quantitative estimate of drug-likeness (QED) is 0.824. The summed E-state index contributed by atoms with van der Waals surface area (Å²) in [6.45, 7) is 7.39. The maximum absolute atomic E-state index is 12.2. The molecule has 0 aliphatic carbocycles. The Balaban J connectivity index is 1.63. The van der Waals surface area contributed by atoms with Gasteiger partial charge in [0.1, 0.15) is 0 Å². The van der Waals surface area contributed by atoms with E-state index in [9.17, 15) is 4.79 Å². The number of furan rings is 1. The van der Waals surface area contributed by atoms with Gasteiger partial charge in [0, 0.05) is 26.2 Å². The first-order valence-corrected chi connectivity index (χ1v) is 9.28. The fourth-order valence-corrected chi connectivity index (χ4v) is 3.54. The monoisotopic (exact) mass is 406 g/mol. The Bertz CT molecular complexity index is 721. The van der Waals surface area contributed by atoms with Crippen LogP contribution in [0.4, 0.5) is 0 Å². The van der Waals surface area contributed by atoms with E-state index in [1.54, 1.807) is 12.1 Å². The predicted octanol–water partition coefficient (Wildman–Crippen LogP) is 3.58. The summed E-state index contributed by atoms with van der Waals surface area (Å²) in [5.74, 6) is 0.0919. The lowest BCUT2D eigenvalue weighted by molar-refractivity contribution is -0.0705. The SMILES string of the molecule is C[C@@H]1CN(Cc2ccccc2CNC(=O)c2ccc(Br)o2)C[C@H](C)O1. The molecule has 5 nitrogen and oxygen atoms in total. The number of hydrogen-bond donors (Lipinski definition) is 1. The molecule has 0 unspecified atom stereocenters. The normalized spacial score (nSPS) is 21.2. The van der Waals surface area contributed by atoms with Crippen LogP contribution >= 0.6 is 15.9 Å². The molecule has 1 saturated heterocycles. The maximum atomic E-state index is 12.2. The zero-order valence-electron chi connectivity index (χ0n) is 14.5. The molecular formula is C19H23BrN2O3. The van der Waals surface area contributed by atoms with Gasteiger partial charge in [0.25, 0.3) is 5.91 Å². The van der Waals surface area contributed by atoms with Crippen LogP contribution < -0.4 is 5.32 Å². The summed E-state index contributed by atoms with van der Waals surface area (Å²) in [5.41, 5.74) is 2.35. The van der Waals surface area contributed by atoms with Gasteiger partial charge in [0.2, 0.25) is 0 Å². The van der Waals surface area contributed by atoms with Crippen LogP contribution in [-0.4, -0.2) is 36.1 Å². The summed E-state index contributed by atoms with van der Waals surface area (Å²) in [6.07, 6.45) is 0.487. The molecule has 1 amide bonds. The van der Waals surface area contributed by atoms with Crippen LogP contribution in [0.3, 0.4) is 0 Å². The third kappa shape index (κ3) is 4.93. The van der Waals surface area contributed by atoms with Gasteiger partial charge in [-0.25, -0.2) is 0 Å². The molecule has 0 radical (unpaired) electrons. The topological polar surface area (TPSA) is 54.7 Å².